The summed E-state index contributed by atoms with van der Waals surface area (Å²) in [5, 5.41) is 7.78. The molecule has 0 bridgehead atoms. The molecule has 4 heteroatoms. The highest BCUT2D eigenvalue weighted by atomic mass is 35.5. The molecule has 0 unspecified atom stereocenters. The molecule has 0 N–H and O–H groups in total. The molecule has 0 aliphatic heterocycles. The van der Waals surface area contributed by atoms with Crippen LogP contribution in [0.2, 0.25) is 5.15 Å². The maximum Gasteiger partial charge on any atom is 0.151 e. The smallest absolute Gasteiger partial charge is 0.151 e. The zero-order valence-corrected chi connectivity index (χ0v) is 6.58. The summed E-state index contributed by atoms with van der Waals surface area (Å²) < 4.78 is 0. The first-order valence-corrected chi connectivity index (χ1v) is 3.62. The Morgan fingerprint density at radius 2 is 2.27 bits per heavy atom. The third kappa shape index (κ3) is 2.63. The van der Waals surface area contributed by atoms with E-state index in [0.717, 1.165) is 12.0 Å². The number of aldehydes is 1. The van der Waals surface area contributed by atoms with Crippen LogP contribution in [0.1, 0.15) is 12.1 Å². The molecule has 1 aromatic heterocycles. The van der Waals surface area contributed by atoms with Gasteiger partial charge in [0.2, 0.25) is 0 Å². The molecule has 0 aliphatic carbocycles. The molecule has 1 heterocycles. The van der Waals surface area contributed by atoms with Gasteiger partial charge in [0.05, 0.1) is 5.69 Å². The summed E-state index contributed by atoms with van der Waals surface area (Å²) in [5.74, 6) is 0. The number of aryl methyl sites for hydroxylation is 1. The zero-order valence-electron chi connectivity index (χ0n) is 5.83. The van der Waals surface area contributed by atoms with E-state index in [-0.39, 0.29) is 0 Å². The van der Waals surface area contributed by atoms with E-state index < -0.39 is 0 Å². The number of hydrogen-bond acceptors (Lipinski definition) is 3. The van der Waals surface area contributed by atoms with Gasteiger partial charge in [-0.05, 0) is 18.6 Å². The maximum atomic E-state index is 9.97. The molecule has 1 rings (SSSR count). The minimum atomic E-state index is 0.375. The molecule has 0 radical (unpaired) electrons. The molecule has 0 saturated heterocycles. The van der Waals surface area contributed by atoms with Gasteiger partial charge in [-0.2, -0.15) is 5.10 Å². The lowest BCUT2D eigenvalue weighted by atomic mass is 10.2. The fraction of sp³-hybridized carbons (Fsp3) is 0.286. The third-order valence-electron chi connectivity index (χ3n) is 1.21. The summed E-state index contributed by atoms with van der Waals surface area (Å²) in [5.41, 5.74) is 0.793. The molecule has 11 heavy (non-hydrogen) atoms. The Bertz CT molecular complexity index is 235. The molecular weight excluding hydrogens is 164 g/mol. The van der Waals surface area contributed by atoms with Gasteiger partial charge in [0.1, 0.15) is 6.29 Å². The maximum absolute atomic E-state index is 9.97. The molecule has 0 atom stereocenters. The first kappa shape index (κ1) is 8.14. The van der Waals surface area contributed by atoms with Crippen molar-refractivity contribution in [1.82, 2.24) is 10.2 Å². The van der Waals surface area contributed by atoms with Gasteiger partial charge in [-0.25, -0.2) is 0 Å². The second-order valence-corrected chi connectivity index (χ2v) is 2.44. The predicted molar refractivity (Wildman–Crippen MR) is 41.4 cm³/mol. The number of halogens is 1. The van der Waals surface area contributed by atoms with Crippen LogP contribution in [0.5, 0.6) is 0 Å². The average molecular weight is 171 g/mol. The largest absolute Gasteiger partial charge is 0.303 e. The summed E-state index contributed by atoms with van der Waals surface area (Å²) in [6.07, 6.45) is 1.97. The lowest BCUT2D eigenvalue weighted by molar-refractivity contribution is -0.107. The number of nitrogens with zero attached hydrogens (tertiary/aromatic N) is 2. The monoisotopic (exact) mass is 170 g/mol. The van der Waals surface area contributed by atoms with Gasteiger partial charge in [0.25, 0.3) is 0 Å². The molecule has 3 nitrogen and oxygen atoms in total. The van der Waals surface area contributed by atoms with E-state index in [1.165, 1.54) is 0 Å². The van der Waals surface area contributed by atoms with E-state index in [1.54, 1.807) is 12.1 Å². The van der Waals surface area contributed by atoms with Gasteiger partial charge >= 0.3 is 0 Å². The predicted octanol–water partition coefficient (Wildman–Crippen LogP) is 1.26. The Morgan fingerprint density at radius 3 is 2.82 bits per heavy atom. The standard InChI is InChI=1S/C7H7ClN2O/c8-7-4-3-6(9-10-7)2-1-5-11/h3-5H,1-2H2. The van der Waals surface area contributed by atoms with E-state index in [1.807, 2.05) is 0 Å². The van der Waals surface area contributed by atoms with E-state index in [9.17, 15) is 4.79 Å². The van der Waals surface area contributed by atoms with Crippen molar-refractivity contribution >= 4 is 17.9 Å². The first-order valence-electron chi connectivity index (χ1n) is 3.24. The number of rotatable bonds is 3. The van der Waals surface area contributed by atoms with Crippen LogP contribution in [-0.2, 0) is 11.2 Å². The number of carbonyl (C=O) groups excluding carboxylic acids is 1. The van der Waals surface area contributed by atoms with Crippen molar-refractivity contribution in [2.45, 2.75) is 12.8 Å². The molecule has 0 aliphatic rings. The van der Waals surface area contributed by atoms with Crippen molar-refractivity contribution in [3.05, 3.63) is 23.0 Å². The van der Waals surface area contributed by atoms with Gasteiger partial charge in [0, 0.05) is 6.42 Å². The van der Waals surface area contributed by atoms with Gasteiger partial charge < -0.3 is 4.79 Å². The molecule has 0 amide bonds. The quantitative estimate of drug-likeness (QED) is 0.642. The van der Waals surface area contributed by atoms with Gasteiger partial charge in [-0.15, -0.1) is 5.10 Å². The normalized spacial score (nSPS) is 9.55. The molecule has 0 fully saturated rings. The van der Waals surface area contributed by atoms with E-state index in [0.29, 0.717) is 18.0 Å². The Kier molecular flexibility index (Phi) is 2.98. The fourth-order valence-electron chi connectivity index (χ4n) is 0.684. The summed E-state index contributed by atoms with van der Waals surface area (Å²) in [7, 11) is 0. The highest BCUT2D eigenvalue weighted by molar-refractivity contribution is 6.29. The SMILES string of the molecule is O=CCCc1ccc(Cl)nn1. The highest BCUT2D eigenvalue weighted by Crippen LogP contribution is 2.02. The van der Waals surface area contributed by atoms with E-state index in [4.69, 9.17) is 11.6 Å². The highest BCUT2D eigenvalue weighted by Gasteiger charge is 1.94. The number of hydrogen-bond donors (Lipinski definition) is 0. The van der Waals surface area contributed by atoms with Crippen LogP contribution in [0.3, 0.4) is 0 Å². The fourth-order valence-corrected chi connectivity index (χ4v) is 0.785. The van der Waals surface area contributed by atoms with Crippen LogP contribution in [0, 0.1) is 0 Å². The molecule has 0 aromatic carbocycles. The summed E-state index contributed by atoms with van der Waals surface area (Å²) >= 11 is 5.50. The van der Waals surface area contributed by atoms with E-state index >= 15 is 0 Å². The minimum Gasteiger partial charge on any atom is -0.303 e. The van der Waals surface area contributed by atoms with Crippen LogP contribution >= 0.6 is 11.6 Å². The first-order chi connectivity index (χ1) is 5.33. The summed E-state index contributed by atoms with van der Waals surface area (Å²) in [6.45, 7) is 0. The zero-order chi connectivity index (χ0) is 8.10. The molecule has 58 valence electrons. The Hall–Kier alpha value is -0.960. The van der Waals surface area contributed by atoms with Crippen LogP contribution in [0.15, 0.2) is 12.1 Å². The van der Waals surface area contributed by atoms with Crippen LogP contribution < -0.4 is 0 Å². The second kappa shape index (κ2) is 4.03. The van der Waals surface area contributed by atoms with Crippen LogP contribution in [0.4, 0.5) is 0 Å². The average Bonchev–Trinajstić information content (AvgIpc) is 2.04. The molecule has 1 aromatic rings. The van der Waals surface area contributed by atoms with Crippen LogP contribution in [-0.4, -0.2) is 16.5 Å². The lowest BCUT2D eigenvalue weighted by Crippen LogP contribution is -1.92. The Labute approximate surface area is 69.4 Å². The van der Waals surface area contributed by atoms with Crippen LogP contribution in [0.25, 0.3) is 0 Å². The van der Waals surface area contributed by atoms with Gasteiger partial charge in [-0.3, -0.25) is 0 Å². The Morgan fingerprint density at radius 1 is 1.45 bits per heavy atom. The topological polar surface area (TPSA) is 42.9 Å². The van der Waals surface area contributed by atoms with Crippen molar-refractivity contribution in [3.8, 4) is 0 Å². The van der Waals surface area contributed by atoms with Crippen molar-refractivity contribution in [1.29, 1.82) is 0 Å². The second-order valence-electron chi connectivity index (χ2n) is 2.05. The van der Waals surface area contributed by atoms with Crippen molar-refractivity contribution in [2.24, 2.45) is 0 Å². The van der Waals surface area contributed by atoms with Crippen molar-refractivity contribution in [2.75, 3.05) is 0 Å². The molecular formula is C7H7ClN2O. The summed E-state index contributed by atoms with van der Waals surface area (Å²) in [6, 6.07) is 3.42. The van der Waals surface area contributed by atoms with Gasteiger partial charge in [-0.1, -0.05) is 11.6 Å². The Balaban J connectivity index is 2.58. The summed E-state index contributed by atoms with van der Waals surface area (Å²) in [4.78, 5) is 9.97. The molecule has 0 saturated carbocycles. The van der Waals surface area contributed by atoms with Crippen molar-refractivity contribution < 1.29 is 4.79 Å². The minimum absolute atomic E-state index is 0.375. The molecule has 0 spiro atoms. The number of carbonyl (C=O) groups is 1. The van der Waals surface area contributed by atoms with Gasteiger partial charge in [0.15, 0.2) is 5.15 Å². The number of aromatic nitrogens is 2. The van der Waals surface area contributed by atoms with Crippen molar-refractivity contribution in [3.63, 3.8) is 0 Å². The van der Waals surface area contributed by atoms with E-state index in [2.05, 4.69) is 10.2 Å². The third-order valence-corrected chi connectivity index (χ3v) is 1.41. The lowest BCUT2D eigenvalue weighted by Gasteiger charge is -1.93.